The van der Waals surface area contributed by atoms with Crippen molar-refractivity contribution in [3.8, 4) is 11.8 Å². The zero-order valence-corrected chi connectivity index (χ0v) is 9.97. The van der Waals surface area contributed by atoms with Gasteiger partial charge in [-0.2, -0.15) is 0 Å². The van der Waals surface area contributed by atoms with Crippen LogP contribution in [0.1, 0.15) is 23.1 Å². The number of ether oxygens (including phenoxy) is 1. The molecule has 1 aromatic carbocycles. The highest BCUT2D eigenvalue weighted by molar-refractivity contribution is 5.39. The van der Waals surface area contributed by atoms with E-state index in [9.17, 15) is 0 Å². The van der Waals surface area contributed by atoms with E-state index in [1.807, 2.05) is 6.07 Å². The number of aromatic nitrogens is 2. The fourth-order valence-electron chi connectivity index (χ4n) is 2.19. The molecule has 0 spiro atoms. The predicted octanol–water partition coefficient (Wildman–Crippen LogP) is 2.25. The van der Waals surface area contributed by atoms with Crippen molar-refractivity contribution in [3.05, 3.63) is 47.3 Å². The molecule has 0 amide bonds. The smallest absolute Gasteiger partial charge is 0.321 e. The molecule has 0 saturated carbocycles. The van der Waals surface area contributed by atoms with Gasteiger partial charge in [0.15, 0.2) is 0 Å². The van der Waals surface area contributed by atoms with Crippen molar-refractivity contribution in [2.45, 2.75) is 25.9 Å². The van der Waals surface area contributed by atoms with E-state index < -0.39 is 0 Å². The van der Waals surface area contributed by atoms with Crippen LogP contribution in [0.5, 0.6) is 11.8 Å². The second-order valence-corrected chi connectivity index (χ2v) is 4.42. The number of nitrogens with zero attached hydrogens (tertiary/aromatic N) is 2. The van der Waals surface area contributed by atoms with Crippen molar-refractivity contribution < 1.29 is 9.84 Å². The molecule has 4 nitrogen and oxygen atoms in total. The molecule has 0 unspecified atom stereocenters. The Bertz CT molecular complexity index is 552. The largest absolute Gasteiger partial charge is 0.424 e. The zero-order valence-electron chi connectivity index (χ0n) is 9.97. The van der Waals surface area contributed by atoms with Crippen molar-refractivity contribution in [3.63, 3.8) is 0 Å². The molecule has 1 N–H and O–H groups in total. The predicted molar refractivity (Wildman–Crippen MR) is 66.5 cm³/mol. The molecular weight excluding hydrogens is 228 g/mol. The molecule has 4 heteroatoms. The van der Waals surface area contributed by atoms with Gasteiger partial charge < -0.3 is 9.84 Å². The van der Waals surface area contributed by atoms with E-state index in [1.54, 1.807) is 12.4 Å². The standard InChI is InChI=1S/C14H14N2O2/c17-9-10-7-15-14(16-8-10)18-13-5-4-11-2-1-3-12(11)6-13/h4-8,17H,1-3,9H2. The third-order valence-corrected chi connectivity index (χ3v) is 3.14. The molecule has 0 bridgehead atoms. The molecule has 2 aromatic rings. The summed E-state index contributed by atoms with van der Waals surface area (Å²) in [5.74, 6) is 0.771. The Kier molecular flexibility index (Phi) is 2.94. The second-order valence-electron chi connectivity index (χ2n) is 4.42. The maximum Gasteiger partial charge on any atom is 0.321 e. The summed E-state index contributed by atoms with van der Waals surface area (Å²) in [4.78, 5) is 8.09. The Morgan fingerprint density at radius 1 is 1.11 bits per heavy atom. The van der Waals surface area contributed by atoms with Gasteiger partial charge in [0.05, 0.1) is 6.61 Å². The van der Waals surface area contributed by atoms with Crippen LogP contribution in [-0.2, 0) is 19.4 Å². The number of aliphatic hydroxyl groups excluding tert-OH is 1. The summed E-state index contributed by atoms with van der Waals surface area (Å²) < 4.78 is 5.60. The fourth-order valence-corrected chi connectivity index (χ4v) is 2.19. The van der Waals surface area contributed by atoms with Gasteiger partial charge in [-0.3, -0.25) is 0 Å². The first kappa shape index (κ1) is 11.2. The first-order valence-corrected chi connectivity index (χ1v) is 6.06. The summed E-state index contributed by atoms with van der Waals surface area (Å²) in [6.45, 7) is -0.0564. The zero-order chi connectivity index (χ0) is 12.4. The van der Waals surface area contributed by atoms with Gasteiger partial charge in [-0.25, -0.2) is 9.97 Å². The molecule has 1 aliphatic carbocycles. The topological polar surface area (TPSA) is 55.2 Å². The Hall–Kier alpha value is -1.94. The van der Waals surface area contributed by atoms with Crippen molar-refractivity contribution in [2.24, 2.45) is 0 Å². The number of benzene rings is 1. The van der Waals surface area contributed by atoms with E-state index in [4.69, 9.17) is 9.84 Å². The summed E-state index contributed by atoms with van der Waals surface area (Å²) in [7, 11) is 0. The number of hydrogen-bond acceptors (Lipinski definition) is 4. The molecule has 0 atom stereocenters. The molecule has 92 valence electrons. The third-order valence-electron chi connectivity index (χ3n) is 3.14. The van der Waals surface area contributed by atoms with Crippen molar-refractivity contribution in [1.82, 2.24) is 9.97 Å². The van der Waals surface area contributed by atoms with Gasteiger partial charge in [0.2, 0.25) is 0 Å². The van der Waals surface area contributed by atoms with E-state index in [2.05, 4.69) is 22.1 Å². The summed E-state index contributed by atoms with van der Waals surface area (Å²) >= 11 is 0. The molecule has 1 aromatic heterocycles. The van der Waals surface area contributed by atoms with Crippen LogP contribution in [0, 0.1) is 0 Å². The van der Waals surface area contributed by atoms with E-state index in [1.165, 1.54) is 17.5 Å². The average molecular weight is 242 g/mol. The maximum atomic E-state index is 8.90. The number of aryl methyl sites for hydroxylation is 2. The fraction of sp³-hybridized carbons (Fsp3) is 0.286. The maximum absolute atomic E-state index is 8.90. The highest BCUT2D eigenvalue weighted by atomic mass is 16.5. The first-order chi connectivity index (χ1) is 8.85. The molecule has 0 fully saturated rings. The lowest BCUT2D eigenvalue weighted by Crippen LogP contribution is -1.94. The lowest BCUT2D eigenvalue weighted by Gasteiger charge is -2.06. The molecule has 1 heterocycles. The monoisotopic (exact) mass is 242 g/mol. The van der Waals surface area contributed by atoms with Gasteiger partial charge in [-0.05, 0) is 42.5 Å². The number of hydrogen-bond donors (Lipinski definition) is 1. The molecular formula is C14H14N2O2. The Balaban J connectivity index is 1.79. The van der Waals surface area contributed by atoms with Gasteiger partial charge in [0, 0.05) is 18.0 Å². The lowest BCUT2D eigenvalue weighted by atomic mass is 10.1. The van der Waals surface area contributed by atoms with E-state index >= 15 is 0 Å². The van der Waals surface area contributed by atoms with Gasteiger partial charge in [-0.15, -0.1) is 0 Å². The van der Waals surface area contributed by atoms with Crippen LogP contribution in [0.3, 0.4) is 0 Å². The third kappa shape index (κ3) is 2.19. The summed E-state index contributed by atoms with van der Waals surface area (Å²) in [5.41, 5.74) is 3.45. The van der Waals surface area contributed by atoms with E-state index in [0.29, 0.717) is 11.6 Å². The lowest BCUT2D eigenvalue weighted by molar-refractivity contribution is 0.280. The SMILES string of the molecule is OCc1cnc(Oc2ccc3c(c2)CCC3)nc1. The molecule has 1 aliphatic rings. The summed E-state index contributed by atoms with van der Waals surface area (Å²) in [6, 6.07) is 6.43. The van der Waals surface area contributed by atoms with Crippen LogP contribution in [-0.4, -0.2) is 15.1 Å². The summed E-state index contributed by atoms with van der Waals surface area (Å²) in [5, 5.41) is 8.90. The minimum atomic E-state index is -0.0564. The Labute approximate surface area is 105 Å². The molecule has 3 rings (SSSR count). The van der Waals surface area contributed by atoms with Gasteiger partial charge in [0.25, 0.3) is 0 Å². The van der Waals surface area contributed by atoms with Crippen LogP contribution in [0.25, 0.3) is 0 Å². The Morgan fingerprint density at radius 2 is 1.89 bits per heavy atom. The van der Waals surface area contributed by atoms with Crippen LogP contribution in [0.2, 0.25) is 0 Å². The minimum absolute atomic E-state index is 0.0564. The highest BCUT2D eigenvalue weighted by Crippen LogP contribution is 2.27. The molecule has 0 aliphatic heterocycles. The van der Waals surface area contributed by atoms with Gasteiger partial charge >= 0.3 is 6.01 Å². The van der Waals surface area contributed by atoms with Gasteiger partial charge in [-0.1, -0.05) is 6.07 Å². The van der Waals surface area contributed by atoms with Crippen molar-refractivity contribution in [2.75, 3.05) is 0 Å². The molecule has 18 heavy (non-hydrogen) atoms. The molecule has 0 saturated heterocycles. The van der Waals surface area contributed by atoms with Crippen molar-refractivity contribution >= 4 is 0 Å². The summed E-state index contributed by atoms with van der Waals surface area (Å²) in [6.07, 6.45) is 6.64. The van der Waals surface area contributed by atoms with Crippen LogP contribution >= 0.6 is 0 Å². The van der Waals surface area contributed by atoms with Crippen LogP contribution in [0.15, 0.2) is 30.6 Å². The minimum Gasteiger partial charge on any atom is -0.424 e. The van der Waals surface area contributed by atoms with Crippen molar-refractivity contribution in [1.29, 1.82) is 0 Å². The normalized spacial score (nSPS) is 13.4. The van der Waals surface area contributed by atoms with E-state index in [-0.39, 0.29) is 6.61 Å². The van der Waals surface area contributed by atoms with Crippen LogP contribution < -0.4 is 4.74 Å². The van der Waals surface area contributed by atoms with Crippen LogP contribution in [0.4, 0.5) is 0 Å². The first-order valence-electron chi connectivity index (χ1n) is 6.06. The molecule has 0 radical (unpaired) electrons. The highest BCUT2D eigenvalue weighted by Gasteiger charge is 2.11. The number of fused-ring (bicyclic) bond motifs is 1. The van der Waals surface area contributed by atoms with E-state index in [0.717, 1.165) is 18.6 Å². The van der Waals surface area contributed by atoms with Gasteiger partial charge in [0.1, 0.15) is 5.75 Å². The quantitative estimate of drug-likeness (QED) is 0.896. The second kappa shape index (κ2) is 4.74. The Morgan fingerprint density at radius 3 is 2.67 bits per heavy atom. The number of aliphatic hydroxyl groups is 1. The average Bonchev–Trinajstić information content (AvgIpc) is 2.87. The number of rotatable bonds is 3.